The molecule has 4 fully saturated rings. The van der Waals surface area contributed by atoms with Gasteiger partial charge < -0.3 is 15.0 Å². The number of carbonyl (C=O) groups excluding carboxylic acids is 3. The number of hydrogen-bond donors (Lipinski definition) is 1. The highest BCUT2D eigenvalue weighted by Gasteiger charge is 2.60. The first-order valence-corrected chi connectivity index (χ1v) is 12.1. The minimum absolute atomic E-state index is 0.0330. The Morgan fingerprint density at radius 1 is 1.12 bits per heavy atom. The fourth-order valence-corrected chi connectivity index (χ4v) is 6.27. The third kappa shape index (κ3) is 3.90. The molecule has 2 atom stereocenters. The van der Waals surface area contributed by atoms with E-state index in [0.29, 0.717) is 19.6 Å². The molecule has 2 saturated carbocycles. The summed E-state index contributed by atoms with van der Waals surface area (Å²) < 4.78 is 5.74. The zero-order chi connectivity index (χ0) is 22.3. The van der Waals surface area contributed by atoms with Gasteiger partial charge in [0.15, 0.2) is 0 Å². The number of aryl methyl sites for hydroxylation is 1. The number of amides is 2. The molecular formula is C25H33N3O4. The van der Waals surface area contributed by atoms with Crippen molar-refractivity contribution in [2.75, 3.05) is 13.1 Å². The van der Waals surface area contributed by atoms with Crippen molar-refractivity contribution in [2.45, 2.75) is 76.9 Å². The monoisotopic (exact) mass is 439 g/mol. The predicted molar refractivity (Wildman–Crippen MR) is 117 cm³/mol. The minimum Gasteiger partial charge on any atom is -0.458 e. The molecular weight excluding hydrogens is 406 g/mol. The van der Waals surface area contributed by atoms with Crippen LogP contribution in [0.4, 0.5) is 0 Å². The molecule has 5 rings (SSSR count). The van der Waals surface area contributed by atoms with E-state index in [1.165, 1.54) is 0 Å². The van der Waals surface area contributed by atoms with E-state index in [0.717, 1.165) is 62.8 Å². The highest BCUT2D eigenvalue weighted by molar-refractivity contribution is 5.88. The van der Waals surface area contributed by atoms with Gasteiger partial charge in [-0.05, 0) is 69.4 Å². The number of nitrogens with one attached hydrogen (secondary N) is 1. The zero-order valence-corrected chi connectivity index (χ0v) is 18.9. The molecule has 32 heavy (non-hydrogen) atoms. The molecule has 2 amide bonds. The first-order chi connectivity index (χ1) is 15.4. The molecule has 7 nitrogen and oxygen atoms in total. The standard InChI is InChI=1S/C25H33N3O4/c1-17-6-5-7-18(27-17)16-26-22(30)20-15-24(20)10-12-28(13-11-24)23(31)19-14-21(29)32-25(19)8-3-2-4-9-25/h5-7,19-20H,2-4,8-16H2,1H3,(H,26,30)/t19-,20-/m0/s1. The summed E-state index contributed by atoms with van der Waals surface area (Å²) in [5, 5.41) is 3.05. The van der Waals surface area contributed by atoms with Crippen LogP contribution in [0.3, 0.4) is 0 Å². The largest absolute Gasteiger partial charge is 0.458 e. The lowest BCUT2D eigenvalue weighted by atomic mass is 9.75. The first kappa shape index (κ1) is 21.4. The van der Waals surface area contributed by atoms with Crippen LogP contribution in [0.2, 0.25) is 0 Å². The lowest BCUT2D eigenvalue weighted by Crippen LogP contribution is -2.49. The summed E-state index contributed by atoms with van der Waals surface area (Å²) in [5.74, 6) is -0.334. The molecule has 172 valence electrons. The molecule has 2 aliphatic heterocycles. The van der Waals surface area contributed by atoms with Crippen molar-refractivity contribution < 1.29 is 19.1 Å². The summed E-state index contributed by atoms with van der Waals surface area (Å²) in [7, 11) is 0. The number of esters is 1. The van der Waals surface area contributed by atoms with Crippen LogP contribution in [0.15, 0.2) is 18.2 Å². The molecule has 0 bridgehead atoms. The van der Waals surface area contributed by atoms with Crippen LogP contribution in [0, 0.1) is 24.2 Å². The topological polar surface area (TPSA) is 88.6 Å². The van der Waals surface area contributed by atoms with Gasteiger partial charge in [-0.25, -0.2) is 0 Å². The third-order valence-electron chi connectivity index (χ3n) is 8.29. The number of aromatic nitrogens is 1. The summed E-state index contributed by atoms with van der Waals surface area (Å²) in [4.78, 5) is 44.5. The van der Waals surface area contributed by atoms with E-state index in [2.05, 4.69) is 10.3 Å². The number of likely N-dealkylation sites (tertiary alicyclic amines) is 1. The van der Waals surface area contributed by atoms with E-state index in [1.807, 2.05) is 30.0 Å². The van der Waals surface area contributed by atoms with Gasteiger partial charge in [0.2, 0.25) is 11.8 Å². The van der Waals surface area contributed by atoms with Gasteiger partial charge in [0, 0.05) is 24.7 Å². The molecule has 0 radical (unpaired) electrons. The molecule has 4 aliphatic rings. The maximum atomic E-state index is 13.4. The summed E-state index contributed by atoms with van der Waals surface area (Å²) in [6.45, 7) is 3.74. The van der Waals surface area contributed by atoms with Gasteiger partial charge in [-0.2, -0.15) is 0 Å². The summed E-state index contributed by atoms with van der Waals surface area (Å²) in [5.41, 5.74) is 1.29. The summed E-state index contributed by atoms with van der Waals surface area (Å²) in [6.07, 6.45) is 7.65. The number of carbonyl (C=O) groups is 3. The predicted octanol–water partition coefficient (Wildman–Crippen LogP) is 2.90. The Morgan fingerprint density at radius 3 is 2.59 bits per heavy atom. The van der Waals surface area contributed by atoms with E-state index in [9.17, 15) is 14.4 Å². The molecule has 2 aliphatic carbocycles. The van der Waals surface area contributed by atoms with E-state index in [4.69, 9.17) is 4.74 Å². The minimum atomic E-state index is -0.562. The van der Waals surface area contributed by atoms with Gasteiger partial charge in [0.1, 0.15) is 5.60 Å². The quantitative estimate of drug-likeness (QED) is 0.729. The molecule has 7 heteroatoms. The average Bonchev–Trinajstić information content (AvgIpc) is 3.40. The lowest BCUT2D eigenvalue weighted by Gasteiger charge is -2.40. The normalized spacial score (nSPS) is 27.9. The highest BCUT2D eigenvalue weighted by atomic mass is 16.6. The Morgan fingerprint density at radius 2 is 1.88 bits per heavy atom. The highest BCUT2D eigenvalue weighted by Crippen LogP contribution is 2.59. The molecule has 0 unspecified atom stereocenters. The molecule has 2 saturated heterocycles. The molecule has 2 spiro atoms. The SMILES string of the molecule is Cc1cccc(CNC(=O)[C@@H]2CC23CCN(C(=O)[C@@H]2CC(=O)OC24CCCCC4)CC3)n1. The second-order valence-electron chi connectivity index (χ2n) is 10.3. The van der Waals surface area contributed by atoms with Crippen molar-refractivity contribution in [3.05, 3.63) is 29.6 Å². The van der Waals surface area contributed by atoms with Crippen molar-refractivity contribution >= 4 is 17.8 Å². The van der Waals surface area contributed by atoms with Crippen molar-refractivity contribution in [3.8, 4) is 0 Å². The van der Waals surface area contributed by atoms with Crippen LogP contribution in [0.5, 0.6) is 0 Å². The van der Waals surface area contributed by atoms with Crippen LogP contribution < -0.4 is 5.32 Å². The number of ether oxygens (including phenoxy) is 1. The molecule has 1 N–H and O–H groups in total. The summed E-state index contributed by atoms with van der Waals surface area (Å²) in [6, 6.07) is 5.83. The van der Waals surface area contributed by atoms with Gasteiger partial charge in [0.25, 0.3) is 0 Å². The molecule has 1 aromatic heterocycles. The smallest absolute Gasteiger partial charge is 0.307 e. The van der Waals surface area contributed by atoms with E-state index in [-0.39, 0.29) is 41.5 Å². The van der Waals surface area contributed by atoms with Crippen molar-refractivity contribution in [3.63, 3.8) is 0 Å². The number of piperidine rings is 1. The van der Waals surface area contributed by atoms with E-state index in [1.54, 1.807) is 0 Å². The van der Waals surface area contributed by atoms with Gasteiger partial charge in [-0.3, -0.25) is 19.4 Å². The zero-order valence-electron chi connectivity index (χ0n) is 18.9. The van der Waals surface area contributed by atoms with Crippen LogP contribution in [-0.4, -0.2) is 46.4 Å². The maximum absolute atomic E-state index is 13.4. The van der Waals surface area contributed by atoms with Gasteiger partial charge >= 0.3 is 5.97 Å². The molecule has 3 heterocycles. The van der Waals surface area contributed by atoms with Crippen LogP contribution in [0.1, 0.15) is 69.2 Å². The maximum Gasteiger partial charge on any atom is 0.307 e. The van der Waals surface area contributed by atoms with Crippen LogP contribution in [0.25, 0.3) is 0 Å². The Balaban J connectivity index is 1.15. The Hall–Kier alpha value is -2.44. The lowest BCUT2D eigenvalue weighted by molar-refractivity contribution is -0.156. The summed E-state index contributed by atoms with van der Waals surface area (Å²) >= 11 is 0. The number of rotatable bonds is 4. The fraction of sp³-hybridized carbons (Fsp3) is 0.680. The number of hydrogen-bond acceptors (Lipinski definition) is 5. The Labute approximate surface area is 189 Å². The van der Waals surface area contributed by atoms with Crippen molar-refractivity contribution in [1.82, 2.24) is 15.2 Å². The number of pyridine rings is 1. The fourth-order valence-electron chi connectivity index (χ4n) is 6.27. The van der Waals surface area contributed by atoms with Gasteiger partial charge in [0.05, 0.1) is 24.6 Å². The van der Waals surface area contributed by atoms with E-state index >= 15 is 0 Å². The van der Waals surface area contributed by atoms with E-state index < -0.39 is 5.60 Å². The van der Waals surface area contributed by atoms with Crippen molar-refractivity contribution in [2.24, 2.45) is 17.3 Å². The van der Waals surface area contributed by atoms with Crippen LogP contribution >= 0.6 is 0 Å². The first-order valence-electron chi connectivity index (χ1n) is 12.1. The Bertz CT molecular complexity index is 916. The van der Waals surface area contributed by atoms with Gasteiger partial charge in [-0.1, -0.05) is 12.5 Å². The second-order valence-corrected chi connectivity index (χ2v) is 10.3. The second kappa shape index (κ2) is 8.16. The number of nitrogens with zero attached hydrogens (tertiary/aromatic N) is 2. The molecule has 0 aromatic carbocycles. The van der Waals surface area contributed by atoms with Gasteiger partial charge in [-0.15, -0.1) is 0 Å². The average molecular weight is 440 g/mol. The Kier molecular flexibility index (Phi) is 5.46. The third-order valence-corrected chi connectivity index (χ3v) is 8.29. The van der Waals surface area contributed by atoms with Crippen LogP contribution in [-0.2, 0) is 25.7 Å². The molecule has 1 aromatic rings. The van der Waals surface area contributed by atoms with Crippen molar-refractivity contribution in [1.29, 1.82) is 0 Å².